The number of ether oxygens (including phenoxy) is 6. The van der Waals surface area contributed by atoms with E-state index >= 15 is 9.59 Å². The van der Waals surface area contributed by atoms with E-state index < -0.39 is 246 Å². The summed E-state index contributed by atoms with van der Waals surface area (Å²) >= 11 is 0. The van der Waals surface area contributed by atoms with Gasteiger partial charge in [0.05, 0.1) is 26.4 Å². The van der Waals surface area contributed by atoms with Crippen LogP contribution in [0.3, 0.4) is 0 Å². The highest BCUT2D eigenvalue weighted by molar-refractivity contribution is 5.97. The molecule has 0 aliphatic carbocycles. The molecule has 38 nitrogen and oxygen atoms in total. The van der Waals surface area contributed by atoms with Crippen molar-refractivity contribution in [3.05, 3.63) is 138 Å². The molecular formula is C68H90N12O26+2. The van der Waals surface area contributed by atoms with Crippen LogP contribution in [0.4, 0.5) is 0 Å². The maximum absolute atomic E-state index is 15.2. The van der Waals surface area contributed by atoms with Crippen molar-refractivity contribution in [2.75, 3.05) is 46.1 Å². The van der Waals surface area contributed by atoms with Gasteiger partial charge in [-0.3, -0.25) is 56.1 Å². The van der Waals surface area contributed by atoms with Gasteiger partial charge < -0.3 is 126 Å². The van der Waals surface area contributed by atoms with E-state index in [1.807, 2.05) is 0 Å². The summed E-state index contributed by atoms with van der Waals surface area (Å²) in [5.74, 6) is -10.3. The lowest BCUT2D eigenvalue weighted by Gasteiger charge is -2.46. The highest BCUT2D eigenvalue weighted by Crippen LogP contribution is 2.33. The molecule has 106 heavy (non-hydrogen) atoms. The predicted molar refractivity (Wildman–Crippen MR) is 359 cm³/mol. The molecule has 4 aromatic carbocycles. The van der Waals surface area contributed by atoms with Crippen LogP contribution in [0.15, 0.2) is 120 Å². The molecule has 38 heteroatoms. The summed E-state index contributed by atoms with van der Waals surface area (Å²) in [5, 5.41) is 185. The Labute approximate surface area is 604 Å². The zero-order chi connectivity index (χ0) is 76.4. The van der Waals surface area contributed by atoms with Crippen LogP contribution < -0.4 is 63.2 Å². The Morgan fingerprint density at radius 2 is 1.18 bits per heavy atom. The molecule has 576 valence electrons. The van der Waals surface area contributed by atoms with E-state index in [1.165, 1.54) is 24.3 Å². The quantitative estimate of drug-likeness (QED) is 0.0272. The Kier molecular flexibility index (Phi) is 26.6. The maximum atomic E-state index is 15.2. The van der Waals surface area contributed by atoms with E-state index in [-0.39, 0.29) is 29.8 Å². The van der Waals surface area contributed by atoms with Crippen LogP contribution in [0.1, 0.15) is 41.0 Å². The zero-order valence-corrected chi connectivity index (χ0v) is 56.8. The van der Waals surface area contributed by atoms with Gasteiger partial charge >= 0.3 is 23.8 Å². The first kappa shape index (κ1) is 79.4. The molecule has 0 aromatic heterocycles. The minimum Gasteiger partial charge on any atom is -0.858 e. The third-order valence-electron chi connectivity index (χ3n) is 19.3. The summed E-state index contributed by atoms with van der Waals surface area (Å²) in [6.07, 6.45) is -32.4. The van der Waals surface area contributed by atoms with Gasteiger partial charge in [-0.05, 0) is 34.4 Å². The van der Waals surface area contributed by atoms with E-state index in [2.05, 4.69) is 46.9 Å². The molecule has 6 aliphatic rings. The van der Waals surface area contributed by atoms with Crippen molar-refractivity contribution < 1.29 is 144 Å². The number of benzene rings is 4. The van der Waals surface area contributed by atoms with Gasteiger partial charge in [0.25, 0.3) is 0 Å². The molecule has 25 atom stereocenters. The molecule has 3 saturated heterocycles. The minimum atomic E-state index is -2.31. The van der Waals surface area contributed by atoms with Crippen molar-refractivity contribution in [1.29, 1.82) is 0 Å². The van der Waals surface area contributed by atoms with Gasteiger partial charge in [0, 0.05) is 18.2 Å². The van der Waals surface area contributed by atoms with Crippen molar-refractivity contribution >= 4 is 53.3 Å². The summed E-state index contributed by atoms with van der Waals surface area (Å²) in [6, 6.07) is 18.3. The van der Waals surface area contributed by atoms with Gasteiger partial charge in [-0.1, -0.05) is 110 Å². The number of nitrogens with one attached hydrogen (secondary N) is 8. The summed E-state index contributed by atoms with van der Waals surface area (Å²) < 4.78 is 35.9. The van der Waals surface area contributed by atoms with Crippen molar-refractivity contribution in [2.24, 2.45) is 16.5 Å². The Balaban J connectivity index is 0.904. The molecule has 6 heterocycles. The maximum Gasteiger partial charge on any atom is 0.358 e. The first-order chi connectivity index (χ1) is 50.7. The van der Waals surface area contributed by atoms with Crippen LogP contribution in [0.2, 0.25) is 0 Å². The molecule has 6 aliphatic heterocycles. The number of aliphatic hydroxyl groups is 14. The van der Waals surface area contributed by atoms with Crippen LogP contribution in [0, 0.1) is 0 Å². The van der Waals surface area contributed by atoms with Crippen molar-refractivity contribution in [1.82, 2.24) is 31.9 Å². The van der Waals surface area contributed by atoms with E-state index in [9.17, 15) is 91.0 Å². The first-order valence-electron chi connectivity index (χ1n) is 34.1. The topological polar surface area (TPSA) is 615 Å². The smallest absolute Gasteiger partial charge is 0.358 e. The number of carbonyl (C=O) groups excluding carboxylic acids is 5. The third kappa shape index (κ3) is 18.1. The summed E-state index contributed by atoms with van der Waals surface area (Å²) in [6.45, 7) is -3.56. The normalized spacial score (nSPS) is 33.8. The molecule has 0 spiro atoms. The summed E-state index contributed by atoms with van der Waals surface area (Å²) in [5.41, 5.74) is 14.1. The lowest BCUT2D eigenvalue weighted by molar-refractivity contribution is -0.663. The number of hydrogen-bond donors (Lipinski definition) is 24. The number of nitrogens with zero attached hydrogens (tertiary/aromatic N) is 2. The number of nitrogens with two attached hydrogens (primary N) is 2. The predicted octanol–water partition coefficient (Wildman–Crippen LogP) is -14.3. The number of aliphatic hydroxyl groups excluding tert-OH is 14. The molecule has 10 rings (SSSR count). The van der Waals surface area contributed by atoms with Gasteiger partial charge in [0.15, 0.2) is 18.9 Å². The fourth-order valence-corrected chi connectivity index (χ4v) is 13.3. The number of hydrogen-bond acceptors (Lipinski definition) is 30. The van der Waals surface area contributed by atoms with Crippen molar-refractivity contribution in [3.8, 4) is 5.75 Å². The van der Waals surface area contributed by atoms with E-state index in [4.69, 9.17) is 39.9 Å². The summed E-state index contributed by atoms with van der Waals surface area (Å²) in [7, 11) is 0. The molecule has 0 saturated carbocycles. The van der Waals surface area contributed by atoms with E-state index in [0.717, 1.165) is 4.58 Å². The first-order valence-corrected chi connectivity index (χ1v) is 34.1. The number of esters is 1. The molecule has 4 aromatic rings. The van der Waals surface area contributed by atoms with Crippen LogP contribution in [0.5, 0.6) is 5.75 Å². The Morgan fingerprint density at radius 1 is 0.623 bits per heavy atom. The van der Waals surface area contributed by atoms with Crippen LogP contribution in [0.25, 0.3) is 0 Å². The van der Waals surface area contributed by atoms with Crippen LogP contribution >= 0.6 is 0 Å². The van der Waals surface area contributed by atoms with Gasteiger partial charge in [-0.25, -0.2) is 9.57 Å². The zero-order valence-electron chi connectivity index (χ0n) is 56.8. The number of guanidine groups is 2. The average Bonchev–Trinajstić information content (AvgIpc) is 1.53. The highest BCUT2D eigenvalue weighted by Gasteiger charge is 2.55. The largest absolute Gasteiger partial charge is 0.858 e. The summed E-state index contributed by atoms with van der Waals surface area (Å²) in [4.78, 5) is 83.1. The molecular weight excluding hydrogens is 1400 g/mol. The molecule has 4 amide bonds. The Hall–Kier alpha value is -9.17. The van der Waals surface area contributed by atoms with E-state index in [1.54, 1.807) is 97.9 Å². The molecule has 0 bridgehead atoms. The third-order valence-corrected chi connectivity index (χ3v) is 19.3. The molecule has 1 unspecified atom stereocenters. The monoisotopic (exact) mass is 1490 g/mol. The van der Waals surface area contributed by atoms with Crippen LogP contribution in [-0.2, 0) is 54.1 Å². The second kappa shape index (κ2) is 35.5. The second-order valence-electron chi connectivity index (χ2n) is 26.3. The standard InChI is InChI=1S/C68H88N12O26/c1-29(31-11-5-2-6-12-31)44-60(97)74-35(21-30-17-19-34(20-18-30)102-65-56(94)53(91)57(40(27-83)104-65)106-66-55(93)52(90)50(88)41(105-66)28-101-64(100)43(32-13-7-3-8-14-32)33-15-9-4-10-16-33)59(96)78-45(47(85)36-22-72-67(69)76-36)62(99)79-46(61(98)75-37(25-81)58(95)71-24-42(84)77-44)48(86)38-23-73-68(70)80(38)63-54(92)51(89)49(87)39(26-82)103-63/h2-20,29,35-41,43-57,63,65-66,81-83,85-94H,21-28H2,1H3,(H11,69,70,71,72,73,74,75,76,77,78,79,84,95,96,97,98,99)/p+2/t29-,35-,36+,37?,38+,39+,40-,41+,44-,45+,46-,47-,48-,49+,50+,51+,52+,53+,54+,55+,56-,57+,63-,65-,66+/m1/s1. The fourth-order valence-electron chi connectivity index (χ4n) is 13.3. The second-order valence-corrected chi connectivity index (χ2v) is 26.3. The lowest BCUT2D eigenvalue weighted by atomic mass is 9.91. The number of amides is 4. The van der Waals surface area contributed by atoms with Gasteiger partial charge in [-0.2, -0.15) is 0 Å². The fraction of sp³-hybridized carbons (Fsp3) is 0.515. The van der Waals surface area contributed by atoms with Gasteiger partial charge in [-0.15, -0.1) is 0 Å². The van der Waals surface area contributed by atoms with Gasteiger partial charge in [0.2, 0.25) is 36.1 Å². The number of aliphatic imine (C=N–C) groups is 1. The number of carbonyl (C=O) groups is 5. The molecule has 26 N–H and O–H groups in total. The minimum absolute atomic E-state index is 0.0833. The molecule has 0 radical (unpaired) electrons. The highest BCUT2D eigenvalue weighted by atomic mass is 16.7. The van der Waals surface area contributed by atoms with E-state index in [0.29, 0.717) is 16.7 Å². The Morgan fingerprint density at radius 3 is 1.78 bits per heavy atom. The molecule has 3 fully saturated rings. The van der Waals surface area contributed by atoms with Gasteiger partial charge in [0.1, 0.15) is 147 Å². The van der Waals surface area contributed by atoms with Crippen LogP contribution in [-0.4, -0.2) is 322 Å². The van der Waals surface area contributed by atoms with Crippen molar-refractivity contribution in [2.45, 2.75) is 172 Å². The Bertz CT molecular complexity index is 3740. The van der Waals surface area contributed by atoms with Crippen molar-refractivity contribution in [3.63, 3.8) is 0 Å². The SMILES string of the molecule is C[C@H](c1ccccc1)[C@H]1N=C([O-])C[NH+]=C(O)C(CO)NC(=O)[C@@H]([C@H](O)[C@@H]2CNC(N)=[N+]2[C@@H]2O[C@@H](CO)[C@H](O)[C@H](O)[C@@H]2O)NC(=O)[C@H]([C@H](O)[C@@H]2C[NH+]=C(N)N2)NC(=O)[C@@H](Cc2ccc(O[C@@H]3O[C@H](CO)[C@H](O[C@@H]4O[C@@H](COC(=O)C(c5ccccc5)c5ccccc5)[C@H](O)[C@H](O)[C@@H]4O)[C@@H](O)[C@H]3O)cc2)NC1=O. The number of rotatable bonds is 21. The lowest BCUT2D eigenvalue weighted by Crippen LogP contribution is -2.80. The average molecular weight is 1490 g/mol.